The van der Waals surface area contributed by atoms with Crippen molar-refractivity contribution in [1.29, 1.82) is 0 Å². The first-order valence-corrected chi connectivity index (χ1v) is 10.1. The van der Waals surface area contributed by atoms with Crippen LogP contribution in [0.3, 0.4) is 0 Å². The highest BCUT2D eigenvalue weighted by molar-refractivity contribution is 6.30. The zero-order valence-corrected chi connectivity index (χ0v) is 17.4. The molecule has 7 heteroatoms. The van der Waals surface area contributed by atoms with Crippen LogP contribution in [0.15, 0.2) is 60.2 Å². The van der Waals surface area contributed by atoms with Gasteiger partial charge in [0.25, 0.3) is 0 Å². The number of esters is 1. The van der Waals surface area contributed by atoms with E-state index < -0.39 is 6.04 Å². The minimum absolute atomic E-state index is 0.0459. The molecule has 2 aromatic rings. The number of carbonyl (C=O) groups excluding carboxylic acids is 3. The van der Waals surface area contributed by atoms with Gasteiger partial charge in [-0.3, -0.25) is 14.4 Å². The fraction of sp³-hybridized carbons (Fsp3) is 0.261. The van der Waals surface area contributed by atoms with Crippen LogP contribution < -0.4 is 10.6 Å². The second kappa shape index (κ2) is 10.1. The molecule has 2 N–H and O–H groups in total. The van der Waals surface area contributed by atoms with E-state index in [1.165, 1.54) is 6.08 Å². The van der Waals surface area contributed by atoms with Gasteiger partial charge in [0.1, 0.15) is 0 Å². The first-order chi connectivity index (χ1) is 14.4. The Morgan fingerprint density at radius 2 is 1.93 bits per heavy atom. The van der Waals surface area contributed by atoms with Crippen LogP contribution in [0.4, 0.5) is 0 Å². The summed E-state index contributed by atoms with van der Waals surface area (Å²) < 4.78 is 5.04. The maximum Gasteiger partial charge on any atom is 0.307 e. The zero-order valence-electron chi connectivity index (χ0n) is 16.6. The van der Waals surface area contributed by atoms with Gasteiger partial charge in [0.2, 0.25) is 11.8 Å². The lowest BCUT2D eigenvalue weighted by molar-refractivity contribution is -0.143. The molecule has 3 rings (SSSR count). The number of carbonyl (C=O) groups is 3. The van der Waals surface area contributed by atoms with Gasteiger partial charge in [0, 0.05) is 29.3 Å². The van der Waals surface area contributed by atoms with Crippen LogP contribution in [0.25, 0.3) is 11.1 Å². The highest BCUT2D eigenvalue weighted by Gasteiger charge is 2.23. The molecule has 2 amide bonds. The molecule has 1 aliphatic heterocycles. The molecule has 30 heavy (non-hydrogen) atoms. The van der Waals surface area contributed by atoms with E-state index in [-0.39, 0.29) is 37.4 Å². The molecule has 0 spiro atoms. The quantitative estimate of drug-likeness (QED) is 0.635. The van der Waals surface area contributed by atoms with Gasteiger partial charge in [-0.1, -0.05) is 48.0 Å². The average Bonchev–Trinajstić information content (AvgIpc) is 3.15. The summed E-state index contributed by atoms with van der Waals surface area (Å²) in [7, 11) is 0. The third-order valence-electron chi connectivity index (χ3n) is 4.70. The third kappa shape index (κ3) is 5.94. The Morgan fingerprint density at radius 3 is 2.57 bits per heavy atom. The molecular weight excluding hydrogens is 404 g/mol. The van der Waals surface area contributed by atoms with E-state index in [1.807, 2.05) is 48.5 Å². The Labute approximate surface area is 180 Å². The van der Waals surface area contributed by atoms with Crippen molar-refractivity contribution in [2.75, 3.05) is 13.2 Å². The molecule has 0 aromatic heterocycles. The number of amides is 2. The second-order valence-corrected chi connectivity index (χ2v) is 7.41. The normalized spacial score (nSPS) is 13.9. The maximum absolute atomic E-state index is 12.5. The Morgan fingerprint density at radius 1 is 1.17 bits per heavy atom. The van der Waals surface area contributed by atoms with Crippen LogP contribution in [-0.2, 0) is 25.5 Å². The zero-order chi connectivity index (χ0) is 21.5. The predicted molar refractivity (Wildman–Crippen MR) is 115 cm³/mol. The summed E-state index contributed by atoms with van der Waals surface area (Å²) in [4.78, 5) is 35.8. The number of hydrogen-bond acceptors (Lipinski definition) is 4. The minimum atomic E-state index is -0.454. The molecule has 0 saturated heterocycles. The van der Waals surface area contributed by atoms with Crippen molar-refractivity contribution < 1.29 is 19.1 Å². The maximum atomic E-state index is 12.5. The smallest absolute Gasteiger partial charge is 0.307 e. The van der Waals surface area contributed by atoms with Crippen molar-refractivity contribution in [1.82, 2.24) is 10.6 Å². The molecule has 0 bridgehead atoms. The molecule has 0 aliphatic carbocycles. The van der Waals surface area contributed by atoms with E-state index >= 15 is 0 Å². The topological polar surface area (TPSA) is 84.5 Å². The number of benzene rings is 2. The summed E-state index contributed by atoms with van der Waals surface area (Å²) in [6.07, 6.45) is 1.77. The minimum Gasteiger partial charge on any atom is -0.466 e. The lowest BCUT2D eigenvalue weighted by atomic mass is 9.99. The lowest BCUT2D eigenvalue weighted by Gasteiger charge is -2.19. The van der Waals surface area contributed by atoms with Crippen LogP contribution >= 0.6 is 11.6 Å². The Bertz CT molecular complexity index is 969. The van der Waals surface area contributed by atoms with Crippen molar-refractivity contribution in [3.05, 3.63) is 70.8 Å². The SMILES string of the molecule is CCOC(=O)C[C@@H](Cc1ccc(-c2cccc(Cl)c2)cc1)NC(=O)C1=CC(=O)NC1. The molecule has 0 saturated carbocycles. The predicted octanol–water partition coefficient (Wildman–Crippen LogP) is 3.04. The molecule has 1 aliphatic rings. The number of halogens is 1. The van der Waals surface area contributed by atoms with E-state index in [2.05, 4.69) is 10.6 Å². The van der Waals surface area contributed by atoms with Gasteiger partial charge < -0.3 is 15.4 Å². The molecule has 0 unspecified atom stereocenters. The van der Waals surface area contributed by atoms with Crippen LogP contribution in [0.2, 0.25) is 5.02 Å². The van der Waals surface area contributed by atoms with Crippen LogP contribution in [0.5, 0.6) is 0 Å². The van der Waals surface area contributed by atoms with E-state index in [4.69, 9.17) is 16.3 Å². The van der Waals surface area contributed by atoms with Crippen molar-refractivity contribution in [3.63, 3.8) is 0 Å². The number of ether oxygens (including phenoxy) is 1. The molecule has 1 atom stereocenters. The Kier molecular flexibility index (Phi) is 7.25. The largest absolute Gasteiger partial charge is 0.466 e. The molecule has 2 aromatic carbocycles. The van der Waals surface area contributed by atoms with Crippen molar-refractivity contribution in [2.45, 2.75) is 25.8 Å². The third-order valence-corrected chi connectivity index (χ3v) is 4.93. The van der Waals surface area contributed by atoms with Gasteiger partial charge in [-0.2, -0.15) is 0 Å². The van der Waals surface area contributed by atoms with Crippen LogP contribution in [0.1, 0.15) is 18.9 Å². The average molecular weight is 427 g/mol. The number of hydrogen-bond donors (Lipinski definition) is 2. The van der Waals surface area contributed by atoms with Crippen molar-refractivity contribution in [3.8, 4) is 11.1 Å². The fourth-order valence-electron chi connectivity index (χ4n) is 3.25. The molecule has 1 heterocycles. The Balaban J connectivity index is 1.71. The van der Waals surface area contributed by atoms with E-state index in [9.17, 15) is 14.4 Å². The van der Waals surface area contributed by atoms with E-state index in [0.717, 1.165) is 16.7 Å². The number of rotatable bonds is 8. The van der Waals surface area contributed by atoms with Gasteiger partial charge in [-0.05, 0) is 42.2 Å². The highest BCUT2D eigenvalue weighted by atomic mass is 35.5. The molecular formula is C23H23ClN2O4. The van der Waals surface area contributed by atoms with Crippen molar-refractivity contribution >= 4 is 29.4 Å². The summed E-state index contributed by atoms with van der Waals surface area (Å²) in [5.41, 5.74) is 3.35. The Hall–Kier alpha value is -3.12. The van der Waals surface area contributed by atoms with Gasteiger partial charge in [-0.15, -0.1) is 0 Å². The highest BCUT2D eigenvalue weighted by Crippen LogP contribution is 2.23. The monoisotopic (exact) mass is 426 g/mol. The standard InChI is InChI=1S/C23H23ClN2O4/c1-2-30-22(28)13-20(26-23(29)18-12-21(27)25-14-18)10-15-6-8-16(9-7-15)17-4-3-5-19(24)11-17/h3-9,11-12,20H,2,10,13-14H2,1H3,(H,25,27)(H,26,29)/t20-/m1/s1. The number of nitrogens with one attached hydrogen (secondary N) is 2. The summed E-state index contributed by atoms with van der Waals surface area (Å²) in [6.45, 7) is 2.20. The molecule has 0 fully saturated rings. The first-order valence-electron chi connectivity index (χ1n) is 9.74. The lowest BCUT2D eigenvalue weighted by Crippen LogP contribution is -2.39. The summed E-state index contributed by atoms with van der Waals surface area (Å²) in [5.74, 6) is -1.04. The summed E-state index contributed by atoms with van der Waals surface area (Å²) in [6, 6.07) is 15.0. The second-order valence-electron chi connectivity index (χ2n) is 6.98. The fourth-order valence-corrected chi connectivity index (χ4v) is 3.44. The summed E-state index contributed by atoms with van der Waals surface area (Å²) in [5, 5.41) is 6.09. The van der Waals surface area contributed by atoms with E-state index in [1.54, 1.807) is 6.92 Å². The van der Waals surface area contributed by atoms with Gasteiger partial charge in [-0.25, -0.2) is 0 Å². The van der Waals surface area contributed by atoms with Crippen molar-refractivity contribution in [2.24, 2.45) is 0 Å². The van der Waals surface area contributed by atoms with Gasteiger partial charge >= 0.3 is 5.97 Å². The van der Waals surface area contributed by atoms with Crippen LogP contribution in [0, 0.1) is 0 Å². The first kappa shape index (κ1) is 21.6. The van der Waals surface area contributed by atoms with Gasteiger partial charge in [0.15, 0.2) is 0 Å². The molecule has 6 nitrogen and oxygen atoms in total. The molecule has 0 radical (unpaired) electrons. The van der Waals surface area contributed by atoms with Gasteiger partial charge in [0.05, 0.1) is 13.0 Å². The van der Waals surface area contributed by atoms with Crippen LogP contribution in [-0.4, -0.2) is 37.0 Å². The molecule has 156 valence electrons. The summed E-state index contributed by atoms with van der Waals surface area (Å²) >= 11 is 6.07. The van der Waals surface area contributed by atoms with E-state index in [0.29, 0.717) is 17.0 Å².